The molecule has 0 aliphatic heterocycles. The number of rotatable bonds is 9. The lowest BCUT2D eigenvalue weighted by atomic mass is 10.0. The molecule has 1 amide bonds. The lowest BCUT2D eigenvalue weighted by Crippen LogP contribution is -2.30. The third-order valence-electron chi connectivity index (χ3n) is 5.16. The van der Waals surface area contributed by atoms with E-state index in [0.29, 0.717) is 24.8 Å². The van der Waals surface area contributed by atoms with Crippen molar-refractivity contribution in [3.63, 3.8) is 0 Å². The molecule has 1 heterocycles. The first-order valence-electron chi connectivity index (χ1n) is 10.5. The molecule has 0 aliphatic carbocycles. The highest BCUT2D eigenvalue weighted by Crippen LogP contribution is 2.24. The molecule has 3 aromatic carbocycles. The van der Waals surface area contributed by atoms with Crippen LogP contribution in [0, 0.1) is 10.1 Å². The molecule has 0 spiro atoms. The fourth-order valence-corrected chi connectivity index (χ4v) is 3.47. The number of hydrogen-bond donors (Lipinski definition) is 1. The Morgan fingerprint density at radius 2 is 1.67 bits per heavy atom. The van der Waals surface area contributed by atoms with Crippen LogP contribution in [-0.2, 0) is 17.6 Å². The van der Waals surface area contributed by atoms with Gasteiger partial charge < -0.3 is 9.84 Å². The fourth-order valence-electron chi connectivity index (χ4n) is 3.47. The van der Waals surface area contributed by atoms with Crippen LogP contribution in [0.2, 0.25) is 0 Å². The van der Waals surface area contributed by atoms with Crippen molar-refractivity contribution in [2.24, 2.45) is 0 Å². The molecule has 8 heteroatoms. The summed E-state index contributed by atoms with van der Waals surface area (Å²) in [6, 6.07) is 25.0. The van der Waals surface area contributed by atoms with Crippen molar-refractivity contribution in [1.82, 2.24) is 15.5 Å². The van der Waals surface area contributed by atoms with Gasteiger partial charge in [0, 0.05) is 30.5 Å². The Morgan fingerprint density at radius 1 is 0.970 bits per heavy atom. The molecule has 1 aromatic heterocycles. The summed E-state index contributed by atoms with van der Waals surface area (Å²) in [4.78, 5) is 27.7. The maximum atomic E-state index is 12.7. The average molecular weight is 442 g/mol. The van der Waals surface area contributed by atoms with Crippen molar-refractivity contribution in [3.05, 3.63) is 112 Å². The number of nitrogens with zero attached hydrogens (tertiary/aromatic N) is 3. The molecule has 1 atom stereocenters. The number of carbonyl (C=O) groups is 1. The van der Waals surface area contributed by atoms with Crippen molar-refractivity contribution in [1.29, 1.82) is 0 Å². The van der Waals surface area contributed by atoms with Crippen molar-refractivity contribution < 1.29 is 14.2 Å². The largest absolute Gasteiger partial charge is 0.344 e. The molecule has 0 bridgehead atoms. The smallest absolute Gasteiger partial charge is 0.270 e. The summed E-state index contributed by atoms with van der Waals surface area (Å²) in [6.07, 6.45) is 1.41. The minimum atomic E-state index is -0.532. The number of benzene rings is 3. The van der Waals surface area contributed by atoms with Crippen LogP contribution in [0.15, 0.2) is 89.5 Å². The van der Waals surface area contributed by atoms with Crippen LogP contribution in [0.25, 0.3) is 11.4 Å². The number of nitro groups is 1. The van der Waals surface area contributed by atoms with Gasteiger partial charge in [-0.25, -0.2) is 0 Å². The summed E-state index contributed by atoms with van der Waals surface area (Å²) < 4.78 is 5.47. The third-order valence-corrected chi connectivity index (χ3v) is 5.16. The summed E-state index contributed by atoms with van der Waals surface area (Å²) >= 11 is 0. The summed E-state index contributed by atoms with van der Waals surface area (Å²) in [5.74, 6) is 0.341. The van der Waals surface area contributed by atoms with E-state index in [1.807, 2.05) is 60.7 Å². The number of aryl methyl sites for hydroxylation is 1. The van der Waals surface area contributed by atoms with Crippen LogP contribution in [0.4, 0.5) is 5.69 Å². The van der Waals surface area contributed by atoms with Crippen LogP contribution in [0.3, 0.4) is 0 Å². The molecule has 1 N–H and O–H groups in total. The molecule has 0 radical (unpaired) electrons. The third kappa shape index (κ3) is 5.88. The van der Waals surface area contributed by atoms with Crippen LogP contribution in [0.1, 0.15) is 29.5 Å². The number of carbonyl (C=O) groups excluding carboxylic acids is 1. The highest BCUT2D eigenvalue weighted by Gasteiger charge is 2.23. The van der Waals surface area contributed by atoms with Gasteiger partial charge >= 0.3 is 0 Å². The first kappa shape index (κ1) is 21.9. The van der Waals surface area contributed by atoms with E-state index in [1.54, 1.807) is 12.1 Å². The first-order chi connectivity index (χ1) is 16.1. The van der Waals surface area contributed by atoms with Gasteiger partial charge in [-0.1, -0.05) is 78.0 Å². The first-order valence-corrected chi connectivity index (χ1v) is 10.5. The number of nitro benzene ring substituents is 1. The molecule has 0 unspecified atom stereocenters. The summed E-state index contributed by atoms with van der Waals surface area (Å²) in [5.41, 5.74) is 2.49. The Labute approximate surface area is 190 Å². The lowest BCUT2D eigenvalue weighted by Gasteiger charge is -2.15. The van der Waals surface area contributed by atoms with Gasteiger partial charge in [0.25, 0.3) is 5.69 Å². The predicted octanol–water partition coefficient (Wildman–Crippen LogP) is 4.68. The van der Waals surface area contributed by atoms with Crippen LogP contribution < -0.4 is 5.32 Å². The zero-order valence-electron chi connectivity index (χ0n) is 17.8. The molecule has 33 heavy (non-hydrogen) atoms. The molecule has 0 saturated heterocycles. The molecule has 8 nitrogen and oxygen atoms in total. The minimum absolute atomic E-state index is 0.0612. The molecule has 0 saturated carbocycles. The van der Waals surface area contributed by atoms with Crippen molar-refractivity contribution in [2.75, 3.05) is 0 Å². The number of non-ortho nitro benzene ring substituents is 1. The molecule has 166 valence electrons. The van der Waals surface area contributed by atoms with Gasteiger partial charge in [-0.2, -0.15) is 4.98 Å². The quantitative estimate of drug-likeness (QED) is 0.298. The molecular weight excluding hydrogens is 420 g/mol. The molecule has 4 rings (SSSR count). The van der Waals surface area contributed by atoms with E-state index < -0.39 is 11.0 Å². The highest BCUT2D eigenvalue weighted by atomic mass is 16.6. The standard InChI is InChI=1S/C25H22N4O4/c30-23(15-14-18-8-3-1-4-9-18)26-22(16-19-10-5-2-6-11-19)25-27-24(28-33-25)20-12-7-13-21(17-20)29(31)32/h1-13,17,22H,14-16H2,(H,26,30)/t22-/m1/s1. The van der Waals surface area contributed by atoms with E-state index >= 15 is 0 Å². The SMILES string of the molecule is O=C(CCc1ccccc1)N[C@H](Cc1ccccc1)c1nc(-c2cccc([N+](=O)[O-])c2)no1. The average Bonchev–Trinajstić information content (AvgIpc) is 3.34. The van der Waals surface area contributed by atoms with Gasteiger partial charge in [0.1, 0.15) is 6.04 Å². The molecule has 0 fully saturated rings. The highest BCUT2D eigenvalue weighted by molar-refractivity contribution is 5.76. The van der Waals surface area contributed by atoms with E-state index in [2.05, 4.69) is 15.5 Å². The van der Waals surface area contributed by atoms with E-state index in [0.717, 1.165) is 11.1 Å². The molecule has 0 aliphatic rings. The molecule has 4 aromatic rings. The Bertz CT molecular complexity index is 1230. The summed E-state index contributed by atoms with van der Waals surface area (Å²) in [5, 5.41) is 18.1. The van der Waals surface area contributed by atoms with Crippen molar-refractivity contribution in [3.8, 4) is 11.4 Å². The second-order valence-corrected chi connectivity index (χ2v) is 7.56. The number of nitrogens with one attached hydrogen (secondary N) is 1. The van der Waals surface area contributed by atoms with Gasteiger partial charge in [0.05, 0.1) is 4.92 Å². The van der Waals surface area contributed by atoms with Crippen molar-refractivity contribution in [2.45, 2.75) is 25.3 Å². The number of aromatic nitrogens is 2. The van der Waals surface area contributed by atoms with E-state index in [4.69, 9.17) is 4.52 Å². The summed E-state index contributed by atoms with van der Waals surface area (Å²) in [6.45, 7) is 0. The second-order valence-electron chi connectivity index (χ2n) is 7.56. The molecular formula is C25H22N4O4. The zero-order valence-corrected chi connectivity index (χ0v) is 17.8. The van der Waals surface area contributed by atoms with E-state index in [-0.39, 0.29) is 23.3 Å². The van der Waals surface area contributed by atoms with Crippen LogP contribution in [0.5, 0.6) is 0 Å². The van der Waals surface area contributed by atoms with Crippen molar-refractivity contribution >= 4 is 11.6 Å². The minimum Gasteiger partial charge on any atom is -0.344 e. The number of hydrogen-bond acceptors (Lipinski definition) is 6. The zero-order chi connectivity index (χ0) is 23.0. The topological polar surface area (TPSA) is 111 Å². The Morgan fingerprint density at radius 3 is 2.36 bits per heavy atom. The van der Waals surface area contributed by atoms with Gasteiger partial charge in [-0.3, -0.25) is 14.9 Å². The monoisotopic (exact) mass is 442 g/mol. The number of amides is 1. The predicted molar refractivity (Wildman–Crippen MR) is 122 cm³/mol. The van der Waals surface area contributed by atoms with E-state index in [9.17, 15) is 14.9 Å². The Balaban J connectivity index is 1.53. The van der Waals surface area contributed by atoms with E-state index in [1.165, 1.54) is 12.1 Å². The maximum absolute atomic E-state index is 12.7. The normalized spacial score (nSPS) is 11.6. The van der Waals surface area contributed by atoms with Crippen LogP contribution in [-0.4, -0.2) is 21.0 Å². The van der Waals surface area contributed by atoms with Crippen LogP contribution >= 0.6 is 0 Å². The van der Waals surface area contributed by atoms with Gasteiger partial charge in [-0.05, 0) is 17.5 Å². The van der Waals surface area contributed by atoms with Gasteiger partial charge in [0.2, 0.25) is 17.6 Å². The second kappa shape index (κ2) is 10.3. The fraction of sp³-hybridized carbons (Fsp3) is 0.160. The summed E-state index contributed by atoms with van der Waals surface area (Å²) in [7, 11) is 0. The maximum Gasteiger partial charge on any atom is 0.270 e. The Kier molecular flexibility index (Phi) is 6.84. The van der Waals surface area contributed by atoms with Gasteiger partial charge in [-0.15, -0.1) is 0 Å². The Hall–Kier alpha value is -4.33. The lowest BCUT2D eigenvalue weighted by molar-refractivity contribution is -0.384. The van der Waals surface area contributed by atoms with Gasteiger partial charge in [0.15, 0.2) is 0 Å².